The lowest BCUT2D eigenvalue weighted by molar-refractivity contribution is 0.417. The third-order valence-corrected chi connectivity index (χ3v) is 3.07. The van der Waals surface area contributed by atoms with Crippen LogP contribution in [0.2, 0.25) is 0 Å². The van der Waals surface area contributed by atoms with E-state index in [0.717, 1.165) is 26.1 Å². The van der Waals surface area contributed by atoms with E-state index >= 15 is 0 Å². The molecule has 1 unspecified atom stereocenters. The molecule has 1 saturated heterocycles. The van der Waals surface area contributed by atoms with E-state index in [1.807, 2.05) is 0 Å². The van der Waals surface area contributed by atoms with E-state index < -0.39 is 0 Å². The number of nitrogens with zero attached hydrogens (tertiary/aromatic N) is 1. The average molecular weight is 219 g/mol. The zero-order chi connectivity index (χ0) is 11.4. The first kappa shape index (κ1) is 11.4. The molecular weight excluding hydrogens is 198 g/mol. The highest BCUT2D eigenvalue weighted by molar-refractivity contribution is 5.52. The van der Waals surface area contributed by atoms with Crippen LogP contribution < -0.4 is 15.5 Å². The molecule has 2 N–H and O–H groups in total. The van der Waals surface area contributed by atoms with Gasteiger partial charge in [-0.1, -0.05) is 18.2 Å². The normalized spacial score (nSPS) is 20.8. The van der Waals surface area contributed by atoms with Gasteiger partial charge in [0.15, 0.2) is 0 Å². The van der Waals surface area contributed by atoms with Crippen LogP contribution in [0.15, 0.2) is 24.3 Å². The maximum atomic E-state index is 3.55. The van der Waals surface area contributed by atoms with Crippen LogP contribution in [0.1, 0.15) is 5.56 Å². The largest absolute Gasteiger partial charge is 0.377 e. The smallest absolute Gasteiger partial charge is 0.0394 e. The lowest BCUT2D eigenvalue weighted by Crippen LogP contribution is -2.49. The monoisotopic (exact) mass is 219 g/mol. The third-order valence-electron chi connectivity index (χ3n) is 3.07. The summed E-state index contributed by atoms with van der Waals surface area (Å²) in [6, 6.07) is 9.20. The van der Waals surface area contributed by atoms with Gasteiger partial charge in [-0.25, -0.2) is 0 Å². The van der Waals surface area contributed by atoms with Gasteiger partial charge in [0.05, 0.1) is 0 Å². The van der Waals surface area contributed by atoms with Gasteiger partial charge in [0.2, 0.25) is 0 Å². The van der Waals surface area contributed by atoms with Crippen molar-refractivity contribution in [2.75, 3.05) is 38.6 Å². The van der Waals surface area contributed by atoms with Gasteiger partial charge in [-0.2, -0.15) is 0 Å². The van der Waals surface area contributed by atoms with Crippen molar-refractivity contribution in [2.45, 2.75) is 12.5 Å². The molecule has 16 heavy (non-hydrogen) atoms. The first-order chi connectivity index (χ1) is 7.77. The maximum Gasteiger partial charge on any atom is 0.0394 e. The molecule has 3 nitrogen and oxygen atoms in total. The molecule has 3 heteroatoms. The summed E-state index contributed by atoms with van der Waals surface area (Å²) in [7, 11) is 4.21. The zero-order valence-electron chi connectivity index (χ0n) is 10.2. The van der Waals surface area contributed by atoms with Crippen LogP contribution in [0.3, 0.4) is 0 Å². The van der Waals surface area contributed by atoms with Gasteiger partial charge in [0.1, 0.15) is 0 Å². The molecular formula is C13H21N3. The molecule has 1 atom stereocenters. The van der Waals surface area contributed by atoms with E-state index in [2.05, 4.69) is 53.9 Å². The van der Waals surface area contributed by atoms with E-state index in [4.69, 9.17) is 0 Å². The number of para-hydroxylation sites is 1. The Bertz CT molecular complexity index is 330. The molecule has 0 amide bonds. The number of rotatable bonds is 3. The molecule has 0 bridgehead atoms. The maximum absolute atomic E-state index is 3.55. The van der Waals surface area contributed by atoms with Gasteiger partial charge in [-0.15, -0.1) is 0 Å². The van der Waals surface area contributed by atoms with Crippen LogP contribution in [0, 0.1) is 0 Å². The fourth-order valence-corrected chi connectivity index (χ4v) is 2.24. The molecule has 2 rings (SSSR count). The lowest BCUT2D eigenvalue weighted by Gasteiger charge is -2.26. The Morgan fingerprint density at radius 2 is 2.06 bits per heavy atom. The second-order valence-corrected chi connectivity index (χ2v) is 4.58. The highest BCUT2D eigenvalue weighted by atomic mass is 15.1. The van der Waals surface area contributed by atoms with Crippen LogP contribution in [-0.2, 0) is 6.42 Å². The predicted molar refractivity (Wildman–Crippen MR) is 69.1 cm³/mol. The fourth-order valence-electron chi connectivity index (χ4n) is 2.24. The third kappa shape index (κ3) is 2.74. The van der Waals surface area contributed by atoms with Gasteiger partial charge in [-0.3, -0.25) is 0 Å². The standard InChI is InChI=1S/C13H21N3/c1-16(2)13-6-4-3-5-11(13)9-12-10-14-7-8-15-12/h3-6,12,14-15H,7-10H2,1-2H3. The van der Waals surface area contributed by atoms with E-state index in [0.29, 0.717) is 6.04 Å². The molecule has 1 fully saturated rings. The van der Waals surface area contributed by atoms with Gasteiger partial charge in [0.25, 0.3) is 0 Å². The van der Waals surface area contributed by atoms with Crippen LogP contribution in [0.4, 0.5) is 5.69 Å². The van der Waals surface area contributed by atoms with Crippen LogP contribution in [0.5, 0.6) is 0 Å². The number of nitrogens with one attached hydrogen (secondary N) is 2. The Morgan fingerprint density at radius 3 is 2.75 bits per heavy atom. The molecule has 1 aromatic carbocycles. The summed E-state index contributed by atoms with van der Waals surface area (Å²) in [5.74, 6) is 0. The van der Waals surface area contributed by atoms with E-state index in [-0.39, 0.29) is 0 Å². The summed E-state index contributed by atoms with van der Waals surface area (Å²) in [6.07, 6.45) is 1.10. The number of anilines is 1. The van der Waals surface area contributed by atoms with Gasteiger partial charge < -0.3 is 15.5 Å². The Kier molecular flexibility index (Phi) is 3.80. The second-order valence-electron chi connectivity index (χ2n) is 4.58. The van der Waals surface area contributed by atoms with Crippen molar-refractivity contribution in [1.82, 2.24) is 10.6 Å². The van der Waals surface area contributed by atoms with E-state index in [1.165, 1.54) is 11.3 Å². The van der Waals surface area contributed by atoms with Crippen molar-refractivity contribution < 1.29 is 0 Å². The van der Waals surface area contributed by atoms with Crippen molar-refractivity contribution >= 4 is 5.69 Å². The predicted octanol–water partition coefficient (Wildman–Crippen LogP) is 0.856. The van der Waals surface area contributed by atoms with Crippen molar-refractivity contribution in [3.05, 3.63) is 29.8 Å². The number of piperazine rings is 1. The highest BCUT2D eigenvalue weighted by Gasteiger charge is 2.14. The topological polar surface area (TPSA) is 27.3 Å². The molecule has 0 radical (unpaired) electrons. The number of hydrogen-bond donors (Lipinski definition) is 2. The minimum atomic E-state index is 0.565. The van der Waals surface area contributed by atoms with Crippen molar-refractivity contribution in [1.29, 1.82) is 0 Å². The molecule has 1 heterocycles. The summed E-state index contributed by atoms with van der Waals surface area (Å²) >= 11 is 0. The van der Waals surface area contributed by atoms with Gasteiger partial charge >= 0.3 is 0 Å². The zero-order valence-corrected chi connectivity index (χ0v) is 10.2. The van der Waals surface area contributed by atoms with Crippen LogP contribution in [0.25, 0.3) is 0 Å². The van der Waals surface area contributed by atoms with E-state index in [1.54, 1.807) is 0 Å². The minimum absolute atomic E-state index is 0.565. The molecule has 1 aliphatic rings. The average Bonchev–Trinajstić information content (AvgIpc) is 2.31. The Balaban J connectivity index is 2.07. The molecule has 88 valence electrons. The van der Waals surface area contributed by atoms with Crippen molar-refractivity contribution in [2.24, 2.45) is 0 Å². The lowest BCUT2D eigenvalue weighted by atomic mass is 10.0. The van der Waals surface area contributed by atoms with Crippen LogP contribution >= 0.6 is 0 Å². The Hall–Kier alpha value is -1.06. The molecule has 0 saturated carbocycles. The van der Waals surface area contributed by atoms with Gasteiger partial charge in [-0.05, 0) is 18.1 Å². The number of hydrogen-bond acceptors (Lipinski definition) is 3. The minimum Gasteiger partial charge on any atom is -0.377 e. The van der Waals surface area contributed by atoms with E-state index in [9.17, 15) is 0 Å². The quantitative estimate of drug-likeness (QED) is 0.789. The Morgan fingerprint density at radius 1 is 1.25 bits per heavy atom. The van der Waals surface area contributed by atoms with Crippen molar-refractivity contribution in [3.8, 4) is 0 Å². The fraction of sp³-hybridized carbons (Fsp3) is 0.538. The first-order valence-electron chi connectivity index (χ1n) is 5.96. The summed E-state index contributed by atoms with van der Waals surface area (Å²) in [5.41, 5.74) is 2.75. The summed E-state index contributed by atoms with van der Waals surface area (Å²) in [4.78, 5) is 2.19. The second kappa shape index (κ2) is 5.32. The molecule has 0 spiro atoms. The molecule has 0 aromatic heterocycles. The first-order valence-corrected chi connectivity index (χ1v) is 5.96. The summed E-state index contributed by atoms with van der Waals surface area (Å²) in [6.45, 7) is 3.24. The van der Waals surface area contributed by atoms with Crippen LogP contribution in [-0.4, -0.2) is 39.8 Å². The number of benzene rings is 1. The molecule has 1 aliphatic heterocycles. The summed E-state index contributed by atoms with van der Waals surface area (Å²) < 4.78 is 0. The summed E-state index contributed by atoms with van der Waals surface area (Å²) in [5, 5.41) is 6.98. The SMILES string of the molecule is CN(C)c1ccccc1CC1CNCCN1. The van der Waals surface area contributed by atoms with Gasteiger partial charge in [0, 0.05) is 45.5 Å². The molecule has 1 aromatic rings. The van der Waals surface area contributed by atoms with Crippen molar-refractivity contribution in [3.63, 3.8) is 0 Å². The highest BCUT2D eigenvalue weighted by Crippen LogP contribution is 2.19. The Labute approximate surface area is 97.8 Å². The molecule has 0 aliphatic carbocycles.